The van der Waals surface area contributed by atoms with E-state index in [0.717, 1.165) is 37.7 Å². The summed E-state index contributed by atoms with van der Waals surface area (Å²) in [7, 11) is 0. The molecule has 13 nitrogen and oxygen atoms in total. The average Bonchev–Trinajstić information content (AvgIpc) is 3.52. The molecule has 18 atom stereocenters. The number of hydrogen-bond acceptors (Lipinski definition) is 13. The summed E-state index contributed by atoms with van der Waals surface area (Å²) in [6.07, 6.45) is -3.32. The molecule has 0 aromatic carbocycles. The first-order valence-corrected chi connectivity index (χ1v) is 20.4. The van der Waals surface area contributed by atoms with Crippen molar-refractivity contribution in [3.05, 3.63) is 23.8 Å². The van der Waals surface area contributed by atoms with E-state index in [1.165, 1.54) is 6.92 Å². The Balaban J connectivity index is 1.18. The second-order valence-corrected chi connectivity index (χ2v) is 19.1. The third kappa shape index (κ3) is 7.31. The van der Waals surface area contributed by atoms with Crippen LogP contribution in [0.2, 0.25) is 0 Å². The number of ketones is 1. The van der Waals surface area contributed by atoms with E-state index in [2.05, 4.69) is 27.7 Å². The van der Waals surface area contributed by atoms with Crippen LogP contribution in [0.3, 0.4) is 0 Å². The molecule has 0 radical (unpaired) electrons. The molecule has 0 aromatic heterocycles. The lowest BCUT2D eigenvalue weighted by atomic mass is 9.34. The number of ether oxygens (including phenoxy) is 5. The smallest absolute Gasteiger partial charge is 0.306 e. The Hall–Kier alpha value is -1.78. The van der Waals surface area contributed by atoms with Gasteiger partial charge in [-0.2, -0.15) is 0 Å². The summed E-state index contributed by atoms with van der Waals surface area (Å²) in [5, 5.41) is 63.4. The minimum Gasteiger partial charge on any atom is -0.465 e. The van der Waals surface area contributed by atoms with Gasteiger partial charge >= 0.3 is 5.97 Å². The fraction of sp³-hybridized carbons (Fsp3) is 0.857. The summed E-state index contributed by atoms with van der Waals surface area (Å²) in [5.74, 6) is 0.115. The van der Waals surface area contributed by atoms with Crippen LogP contribution in [-0.4, -0.2) is 123 Å². The zero-order valence-corrected chi connectivity index (χ0v) is 33.8. The molecule has 3 saturated heterocycles. The Bertz CT molecular complexity index is 1480. The van der Waals surface area contributed by atoms with Crippen molar-refractivity contribution >= 4 is 11.8 Å². The maximum atomic E-state index is 13.6. The molecule has 6 rings (SSSR count). The van der Waals surface area contributed by atoms with Gasteiger partial charge in [-0.05, 0) is 99.4 Å². The van der Waals surface area contributed by atoms with E-state index >= 15 is 0 Å². The number of rotatable bonds is 9. The fourth-order valence-electron chi connectivity index (χ4n) is 12.3. The van der Waals surface area contributed by atoms with Crippen molar-refractivity contribution in [3.63, 3.8) is 0 Å². The fourth-order valence-corrected chi connectivity index (χ4v) is 12.3. The minimum absolute atomic E-state index is 0.00790. The van der Waals surface area contributed by atoms with Crippen LogP contribution in [-0.2, 0) is 33.3 Å². The lowest BCUT2D eigenvalue weighted by Gasteiger charge is -2.70. The van der Waals surface area contributed by atoms with Gasteiger partial charge in [0.2, 0.25) is 0 Å². The van der Waals surface area contributed by atoms with E-state index in [0.29, 0.717) is 19.4 Å². The highest BCUT2D eigenvalue weighted by Gasteiger charge is 2.71. The summed E-state index contributed by atoms with van der Waals surface area (Å²) in [6, 6.07) is 0. The number of carbonyl (C=O) groups is 2. The SMILES string of the molecule is CC(C)=C/C=C/C(=O)[C@H](C)[C@@H]1CC[C@@H]2[C@]3(C)CC[C@@H](O[C@H]4O[C@@H](CO[C@H]5O[C@@H](C)[C@H](O)[C@@H](O)[C@@H]5O)[C@H](O)[C@@H](O)[C@@H]4O)C(C)(C)[C@H]3CC[C@]2(C)[C@@]12COC(=O)C2. The summed E-state index contributed by atoms with van der Waals surface area (Å²) in [4.78, 5) is 26.6. The van der Waals surface area contributed by atoms with Gasteiger partial charge in [-0.3, -0.25) is 9.59 Å². The predicted octanol–water partition coefficient (Wildman–Crippen LogP) is 2.95. The van der Waals surface area contributed by atoms with E-state index in [9.17, 15) is 40.2 Å². The lowest BCUT2D eigenvalue weighted by molar-refractivity contribution is -0.344. The molecule has 3 aliphatic heterocycles. The van der Waals surface area contributed by atoms with Crippen LogP contribution in [0.25, 0.3) is 0 Å². The Morgan fingerprint density at radius 2 is 1.53 bits per heavy atom. The molecule has 0 unspecified atom stereocenters. The first kappa shape index (κ1) is 42.8. The minimum atomic E-state index is -1.61. The van der Waals surface area contributed by atoms with Gasteiger partial charge < -0.3 is 54.3 Å². The van der Waals surface area contributed by atoms with Crippen LogP contribution >= 0.6 is 0 Å². The standard InChI is InChI=1S/C42H66O13/c1-21(2)10-9-11-25(43)22(3)24-12-13-28-40(7)16-15-29(39(5,6)27(40)14-17-41(28,8)42(24)18-30(44)52-20-42)55-38-36(50)34(48)32(46)26(54-38)19-51-37-35(49)33(47)31(45)23(4)53-37/h9-11,22-24,26-29,31-38,45-50H,12-20H2,1-8H3/b11-9+/t22-,23+,24+,26+,27-,28-,29-,31+,32+,33-,34-,35+,36+,37+,38-,40-,41+,42+/m1/s1. The quantitative estimate of drug-likeness (QED) is 0.0865. The molecule has 0 amide bonds. The number of aliphatic hydroxyl groups excluding tert-OH is 6. The molecule has 0 bridgehead atoms. The van der Waals surface area contributed by atoms with Gasteiger partial charge in [0.25, 0.3) is 0 Å². The molecular weight excluding hydrogens is 712 g/mol. The molecule has 3 aliphatic carbocycles. The highest BCUT2D eigenvalue weighted by molar-refractivity contribution is 5.92. The van der Waals surface area contributed by atoms with Gasteiger partial charge in [-0.1, -0.05) is 52.3 Å². The summed E-state index contributed by atoms with van der Waals surface area (Å²) >= 11 is 0. The molecule has 55 heavy (non-hydrogen) atoms. The predicted molar refractivity (Wildman–Crippen MR) is 199 cm³/mol. The average molecular weight is 779 g/mol. The van der Waals surface area contributed by atoms with Crippen molar-refractivity contribution in [1.82, 2.24) is 0 Å². The molecule has 3 saturated carbocycles. The van der Waals surface area contributed by atoms with Gasteiger partial charge in [0.1, 0.15) is 42.7 Å². The van der Waals surface area contributed by atoms with Gasteiger partial charge in [0, 0.05) is 11.3 Å². The first-order chi connectivity index (χ1) is 25.7. The van der Waals surface area contributed by atoms with Crippen LogP contribution in [0.15, 0.2) is 23.8 Å². The van der Waals surface area contributed by atoms with E-state index in [1.807, 2.05) is 32.9 Å². The van der Waals surface area contributed by atoms with Crippen molar-refractivity contribution < 1.29 is 63.9 Å². The lowest BCUT2D eigenvalue weighted by Crippen LogP contribution is -2.66. The number of allylic oxidation sites excluding steroid dienone is 4. The maximum Gasteiger partial charge on any atom is 0.306 e. The van der Waals surface area contributed by atoms with Crippen molar-refractivity contribution in [1.29, 1.82) is 0 Å². The Kier molecular flexibility index (Phi) is 12.3. The second-order valence-electron chi connectivity index (χ2n) is 19.1. The number of carbonyl (C=O) groups excluding carboxylic acids is 2. The van der Waals surface area contributed by atoms with Crippen LogP contribution in [0.4, 0.5) is 0 Å². The summed E-state index contributed by atoms with van der Waals surface area (Å²) in [5.41, 5.74) is -0.107. The van der Waals surface area contributed by atoms with E-state index in [1.54, 1.807) is 6.08 Å². The molecule has 6 N–H and O–H groups in total. The van der Waals surface area contributed by atoms with Crippen LogP contribution in [0.5, 0.6) is 0 Å². The van der Waals surface area contributed by atoms with Crippen molar-refractivity contribution in [2.45, 2.75) is 168 Å². The van der Waals surface area contributed by atoms with Gasteiger partial charge in [-0.25, -0.2) is 0 Å². The number of aliphatic hydroxyl groups is 6. The molecule has 0 aromatic rings. The Labute approximate surface area is 325 Å². The Morgan fingerprint density at radius 1 is 0.855 bits per heavy atom. The highest BCUT2D eigenvalue weighted by atomic mass is 16.7. The normalized spacial score (nSPS) is 48.9. The summed E-state index contributed by atoms with van der Waals surface area (Å²) < 4.78 is 29.7. The third-order valence-corrected chi connectivity index (χ3v) is 15.5. The van der Waals surface area contributed by atoms with Crippen molar-refractivity contribution in [2.24, 2.45) is 45.3 Å². The van der Waals surface area contributed by atoms with E-state index in [-0.39, 0.29) is 59.0 Å². The number of esters is 1. The second kappa shape index (κ2) is 15.8. The Morgan fingerprint density at radius 3 is 2.18 bits per heavy atom. The molecule has 13 heteroatoms. The molecule has 312 valence electrons. The third-order valence-electron chi connectivity index (χ3n) is 15.5. The molecular formula is C42H66O13. The highest BCUT2D eigenvalue weighted by Crippen LogP contribution is 2.74. The van der Waals surface area contributed by atoms with Gasteiger partial charge in [0.05, 0.1) is 31.8 Å². The van der Waals surface area contributed by atoms with Crippen molar-refractivity contribution in [2.75, 3.05) is 13.2 Å². The monoisotopic (exact) mass is 778 g/mol. The van der Waals surface area contributed by atoms with E-state index in [4.69, 9.17) is 23.7 Å². The molecule has 1 spiro atoms. The van der Waals surface area contributed by atoms with Crippen molar-refractivity contribution in [3.8, 4) is 0 Å². The summed E-state index contributed by atoms with van der Waals surface area (Å²) in [6.45, 7) is 16.6. The zero-order valence-electron chi connectivity index (χ0n) is 33.8. The maximum absolute atomic E-state index is 13.6. The topological polar surface area (TPSA) is 202 Å². The van der Waals surface area contributed by atoms with Crippen LogP contribution in [0.1, 0.15) is 100 Å². The molecule has 6 fully saturated rings. The molecule has 6 aliphatic rings. The first-order valence-electron chi connectivity index (χ1n) is 20.4. The largest absolute Gasteiger partial charge is 0.465 e. The van der Waals surface area contributed by atoms with Gasteiger partial charge in [0.15, 0.2) is 18.4 Å². The van der Waals surface area contributed by atoms with Crippen LogP contribution in [0, 0.1) is 45.3 Å². The van der Waals surface area contributed by atoms with Crippen LogP contribution < -0.4 is 0 Å². The number of cyclic esters (lactones) is 1. The van der Waals surface area contributed by atoms with E-state index < -0.39 is 72.2 Å². The number of hydrogen-bond donors (Lipinski definition) is 6. The number of fused-ring (bicyclic) bond motifs is 4. The molecule has 3 heterocycles. The van der Waals surface area contributed by atoms with Gasteiger partial charge in [-0.15, -0.1) is 0 Å². The zero-order chi connectivity index (χ0) is 40.4.